The molecule has 3 aromatic rings. The molecule has 186 valence electrons. The van der Waals surface area contributed by atoms with Gasteiger partial charge in [-0.3, -0.25) is 9.52 Å². The van der Waals surface area contributed by atoms with Gasteiger partial charge in [-0.1, -0.05) is 29.8 Å². The average Bonchev–Trinajstić information content (AvgIpc) is 2.80. The molecule has 0 atom stereocenters. The van der Waals surface area contributed by atoms with Crippen molar-refractivity contribution in [1.29, 1.82) is 0 Å². The van der Waals surface area contributed by atoms with E-state index in [2.05, 4.69) is 14.8 Å². The quantitative estimate of drug-likeness (QED) is 0.377. The highest BCUT2D eigenvalue weighted by Crippen LogP contribution is 2.30. The zero-order valence-electron chi connectivity index (χ0n) is 19.1. The predicted octanol–water partition coefficient (Wildman–Crippen LogP) is 4.09. The maximum atomic E-state index is 13.0. The average molecular weight is 538 g/mol. The summed E-state index contributed by atoms with van der Waals surface area (Å²) in [6.45, 7) is 3.37. The summed E-state index contributed by atoms with van der Waals surface area (Å²) in [7, 11) is -6.34. The smallest absolute Gasteiger partial charge is 0.261 e. The molecule has 35 heavy (non-hydrogen) atoms. The molecule has 9 nitrogen and oxygen atoms in total. The van der Waals surface area contributed by atoms with Gasteiger partial charge in [0.05, 0.1) is 33.2 Å². The molecule has 1 amide bonds. The maximum absolute atomic E-state index is 13.0. The summed E-state index contributed by atoms with van der Waals surface area (Å²) in [6.07, 6.45) is 0. The molecular formula is C23H24ClN3O6S2. The molecule has 0 radical (unpaired) electrons. The number of halogens is 1. The van der Waals surface area contributed by atoms with Crippen LogP contribution in [-0.2, 0) is 20.0 Å². The molecule has 0 fully saturated rings. The maximum Gasteiger partial charge on any atom is 0.261 e. The molecule has 3 aromatic carbocycles. The normalized spacial score (nSPS) is 11.8. The Morgan fingerprint density at radius 2 is 1.57 bits per heavy atom. The van der Waals surface area contributed by atoms with Crippen LogP contribution in [0.25, 0.3) is 0 Å². The van der Waals surface area contributed by atoms with Crippen molar-refractivity contribution in [1.82, 2.24) is 4.72 Å². The number of rotatable bonds is 9. The molecule has 0 aliphatic rings. The summed E-state index contributed by atoms with van der Waals surface area (Å²) < 4.78 is 60.5. The lowest BCUT2D eigenvalue weighted by atomic mass is 10.2. The number of benzene rings is 3. The van der Waals surface area contributed by atoms with E-state index in [0.717, 1.165) is 0 Å². The van der Waals surface area contributed by atoms with Gasteiger partial charge in [0.1, 0.15) is 5.75 Å². The van der Waals surface area contributed by atoms with E-state index in [1.807, 2.05) is 0 Å². The molecule has 3 rings (SSSR count). The Hall–Kier alpha value is -3.12. The summed E-state index contributed by atoms with van der Waals surface area (Å²) >= 11 is 6.21. The summed E-state index contributed by atoms with van der Waals surface area (Å²) in [5.74, 6) is -0.473. The minimum atomic E-state index is -3.89. The van der Waals surface area contributed by atoms with Crippen LogP contribution in [0.4, 0.5) is 11.4 Å². The molecule has 0 aliphatic heterocycles. The topological polar surface area (TPSA) is 131 Å². The van der Waals surface area contributed by atoms with Gasteiger partial charge in [0, 0.05) is 11.7 Å². The lowest BCUT2D eigenvalue weighted by Crippen LogP contribution is -2.30. The van der Waals surface area contributed by atoms with Crippen LogP contribution in [-0.4, -0.2) is 35.9 Å². The first-order chi connectivity index (χ1) is 16.4. The van der Waals surface area contributed by atoms with Gasteiger partial charge >= 0.3 is 0 Å². The number of hydrogen-bond acceptors (Lipinski definition) is 6. The molecule has 12 heteroatoms. The number of methoxy groups -OCH3 is 1. The van der Waals surface area contributed by atoms with E-state index >= 15 is 0 Å². The van der Waals surface area contributed by atoms with Crippen LogP contribution in [0, 0.1) is 0 Å². The molecule has 3 N–H and O–H groups in total. The number of sulfonamides is 2. The number of carbonyl (C=O) groups excluding carboxylic acids is 1. The van der Waals surface area contributed by atoms with Crippen molar-refractivity contribution in [3.05, 3.63) is 77.3 Å². The number of nitrogens with one attached hydrogen (secondary N) is 3. The third-order valence-electron chi connectivity index (χ3n) is 4.64. The molecular weight excluding hydrogens is 514 g/mol. The summed E-state index contributed by atoms with van der Waals surface area (Å²) in [5, 5.41) is 2.65. The summed E-state index contributed by atoms with van der Waals surface area (Å²) in [6, 6.07) is 15.5. The predicted molar refractivity (Wildman–Crippen MR) is 135 cm³/mol. The molecule has 0 aliphatic carbocycles. The Morgan fingerprint density at radius 3 is 2.20 bits per heavy atom. The van der Waals surface area contributed by atoms with Gasteiger partial charge in [-0.2, -0.15) is 0 Å². The molecule has 0 bridgehead atoms. The number of carbonyl (C=O) groups is 1. The second-order valence-electron chi connectivity index (χ2n) is 7.71. The third-order valence-corrected chi connectivity index (χ3v) is 8.02. The standard InChI is InChI=1S/C23H24ClN3O6S2/c1-15(2)26-35(31,32)18-10-12-22(33-3)21(14-18)25-23(28)19-13-16(9-11-20(19)24)27-34(29,30)17-7-5-4-6-8-17/h4-15,26-27H,1-3H3,(H,25,28). The fraction of sp³-hybridized carbons (Fsp3) is 0.174. The fourth-order valence-corrected chi connectivity index (χ4v) is 5.65. The fourth-order valence-electron chi connectivity index (χ4n) is 3.10. The number of amides is 1. The van der Waals surface area contributed by atoms with Crippen molar-refractivity contribution in [2.75, 3.05) is 17.1 Å². The second kappa shape index (κ2) is 10.6. The van der Waals surface area contributed by atoms with Gasteiger partial charge < -0.3 is 10.1 Å². The Labute approximate surface area is 209 Å². The van der Waals surface area contributed by atoms with Crippen LogP contribution in [0.15, 0.2) is 76.5 Å². The molecule has 0 unspecified atom stereocenters. The van der Waals surface area contributed by atoms with Crippen LogP contribution in [0.3, 0.4) is 0 Å². The number of ether oxygens (including phenoxy) is 1. The summed E-state index contributed by atoms with van der Waals surface area (Å²) in [4.78, 5) is 13.0. The van der Waals surface area contributed by atoms with E-state index in [1.54, 1.807) is 32.0 Å². The Balaban J connectivity index is 1.91. The number of hydrogen-bond donors (Lipinski definition) is 3. The highest BCUT2D eigenvalue weighted by molar-refractivity contribution is 7.92. The highest BCUT2D eigenvalue weighted by atomic mass is 35.5. The van der Waals surface area contributed by atoms with Gasteiger partial charge in [-0.25, -0.2) is 21.6 Å². The minimum Gasteiger partial charge on any atom is -0.495 e. The van der Waals surface area contributed by atoms with Crippen LogP contribution in [0.5, 0.6) is 5.75 Å². The zero-order valence-corrected chi connectivity index (χ0v) is 21.5. The van der Waals surface area contributed by atoms with Crippen LogP contribution < -0.4 is 19.5 Å². The SMILES string of the molecule is COc1ccc(S(=O)(=O)NC(C)C)cc1NC(=O)c1cc(NS(=O)(=O)c2ccccc2)ccc1Cl. The van der Waals surface area contributed by atoms with Crippen LogP contribution in [0.1, 0.15) is 24.2 Å². The van der Waals surface area contributed by atoms with E-state index in [4.69, 9.17) is 16.3 Å². The lowest BCUT2D eigenvalue weighted by Gasteiger charge is -2.15. The highest BCUT2D eigenvalue weighted by Gasteiger charge is 2.21. The van der Waals surface area contributed by atoms with Gasteiger partial charge in [-0.05, 0) is 62.4 Å². The first-order valence-corrected chi connectivity index (χ1v) is 13.7. The van der Waals surface area contributed by atoms with Crippen LogP contribution >= 0.6 is 11.6 Å². The Kier molecular flexibility index (Phi) is 8.06. The third kappa shape index (κ3) is 6.51. The zero-order chi connectivity index (χ0) is 25.8. The largest absolute Gasteiger partial charge is 0.495 e. The van der Waals surface area contributed by atoms with Crippen molar-refractivity contribution in [2.45, 2.75) is 29.7 Å². The van der Waals surface area contributed by atoms with Crippen molar-refractivity contribution >= 4 is 48.9 Å². The second-order valence-corrected chi connectivity index (χ2v) is 11.5. The minimum absolute atomic E-state index is 0.0319. The van der Waals surface area contributed by atoms with Crippen molar-refractivity contribution in [3.8, 4) is 5.75 Å². The Bertz CT molecular complexity index is 1440. The number of anilines is 2. The van der Waals surface area contributed by atoms with E-state index in [0.29, 0.717) is 0 Å². The van der Waals surface area contributed by atoms with Gasteiger partial charge in [0.15, 0.2) is 0 Å². The molecule has 0 saturated heterocycles. The lowest BCUT2D eigenvalue weighted by molar-refractivity contribution is 0.102. The first-order valence-electron chi connectivity index (χ1n) is 10.3. The van der Waals surface area contributed by atoms with E-state index in [1.165, 1.54) is 55.6 Å². The molecule has 0 heterocycles. The summed E-state index contributed by atoms with van der Waals surface area (Å²) in [5.41, 5.74) is 0.179. The van der Waals surface area contributed by atoms with Crippen molar-refractivity contribution in [3.63, 3.8) is 0 Å². The molecule has 0 spiro atoms. The van der Waals surface area contributed by atoms with Crippen LogP contribution in [0.2, 0.25) is 5.02 Å². The van der Waals surface area contributed by atoms with E-state index < -0.39 is 26.0 Å². The molecule has 0 saturated carbocycles. The van der Waals surface area contributed by atoms with Gasteiger partial charge in [0.2, 0.25) is 10.0 Å². The van der Waals surface area contributed by atoms with E-state index in [-0.39, 0.29) is 43.5 Å². The van der Waals surface area contributed by atoms with Gasteiger partial charge in [0.25, 0.3) is 15.9 Å². The van der Waals surface area contributed by atoms with Crippen molar-refractivity contribution < 1.29 is 26.4 Å². The Morgan fingerprint density at radius 1 is 0.886 bits per heavy atom. The van der Waals surface area contributed by atoms with Crippen molar-refractivity contribution in [2.24, 2.45) is 0 Å². The molecule has 0 aromatic heterocycles. The monoisotopic (exact) mass is 537 g/mol. The van der Waals surface area contributed by atoms with Gasteiger partial charge in [-0.15, -0.1) is 0 Å². The van der Waals surface area contributed by atoms with E-state index in [9.17, 15) is 21.6 Å². The first kappa shape index (κ1) is 26.5.